The van der Waals surface area contributed by atoms with Crippen LogP contribution in [0.25, 0.3) is 0 Å². The number of hydrogen-bond donors (Lipinski definition) is 0. The molecule has 4 nitrogen and oxygen atoms in total. The first-order valence-corrected chi connectivity index (χ1v) is 5.33. The van der Waals surface area contributed by atoms with Crippen LogP contribution >= 0.6 is 0 Å². The summed E-state index contributed by atoms with van der Waals surface area (Å²) >= 11 is 0. The van der Waals surface area contributed by atoms with E-state index in [-0.39, 0.29) is 12.5 Å². The van der Waals surface area contributed by atoms with Crippen molar-refractivity contribution in [1.82, 2.24) is 4.98 Å². The smallest absolute Gasteiger partial charge is 0.495 e. The first kappa shape index (κ1) is 11.4. The number of pyridine rings is 1. The van der Waals surface area contributed by atoms with Crippen LogP contribution in [0.4, 0.5) is 0 Å². The number of rotatable bonds is 2. The van der Waals surface area contributed by atoms with E-state index >= 15 is 0 Å². The van der Waals surface area contributed by atoms with Crippen LogP contribution in [0, 0.1) is 5.41 Å². The first-order valence-electron chi connectivity index (χ1n) is 5.33. The van der Waals surface area contributed by atoms with Gasteiger partial charge in [0.1, 0.15) is 5.75 Å². The van der Waals surface area contributed by atoms with E-state index in [4.69, 9.17) is 14.0 Å². The molecule has 1 aliphatic heterocycles. The molecule has 86 valence electrons. The van der Waals surface area contributed by atoms with Gasteiger partial charge in [-0.15, -0.1) is 0 Å². The molecule has 1 fully saturated rings. The molecule has 1 saturated heterocycles. The largest absolute Gasteiger partial charge is 0.495 e. The third-order valence-corrected chi connectivity index (χ3v) is 2.49. The minimum Gasteiger partial charge on any atom is -0.495 e. The van der Waals surface area contributed by atoms with E-state index in [1.165, 1.54) is 0 Å². The maximum absolute atomic E-state index is 5.66. The predicted molar refractivity (Wildman–Crippen MR) is 61.9 cm³/mol. The summed E-state index contributed by atoms with van der Waals surface area (Å²) in [4.78, 5) is 4.08. The Hall–Kier alpha value is -1.07. The van der Waals surface area contributed by atoms with Crippen LogP contribution in [0.15, 0.2) is 18.5 Å². The van der Waals surface area contributed by atoms with Crippen LogP contribution in [0.2, 0.25) is 0 Å². The molecular weight excluding hydrogens is 205 g/mol. The van der Waals surface area contributed by atoms with Gasteiger partial charge in [0.15, 0.2) is 0 Å². The summed E-state index contributed by atoms with van der Waals surface area (Å²) in [5.41, 5.74) is 0.984. The Labute approximate surface area is 96.1 Å². The summed E-state index contributed by atoms with van der Waals surface area (Å²) in [5.74, 6) is 0.717. The van der Waals surface area contributed by atoms with Gasteiger partial charge in [0.25, 0.3) is 0 Å². The van der Waals surface area contributed by atoms with Crippen molar-refractivity contribution in [3.8, 4) is 5.75 Å². The minimum absolute atomic E-state index is 0.0861. The van der Waals surface area contributed by atoms with Crippen molar-refractivity contribution in [1.29, 1.82) is 0 Å². The molecule has 0 atom stereocenters. The summed E-state index contributed by atoms with van der Waals surface area (Å²) in [5, 5.41) is 0. The molecule has 0 aliphatic carbocycles. The summed E-state index contributed by atoms with van der Waals surface area (Å²) in [6, 6.07) is 1.88. The molecule has 0 spiro atoms. The van der Waals surface area contributed by atoms with Crippen molar-refractivity contribution in [2.75, 3.05) is 20.3 Å². The molecule has 0 aromatic carbocycles. The van der Waals surface area contributed by atoms with E-state index in [9.17, 15) is 0 Å². The van der Waals surface area contributed by atoms with Crippen molar-refractivity contribution in [2.45, 2.75) is 13.8 Å². The highest BCUT2D eigenvalue weighted by molar-refractivity contribution is 6.61. The maximum Gasteiger partial charge on any atom is 0.495 e. The van der Waals surface area contributed by atoms with Gasteiger partial charge in [-0.3, -0.25) is 4.98 Å². The van der Waals surface area contributed by atoms with E-state index in [1.807, 2.05) is 6.07 Å². The van der Waals surface area contributed by atoms with E-state index in [2.05, 4.69) is 18.8 Å². The summed E-state index contributed by atoms with van der Waals surface area (Å²) in [7, 11) is 1.29. The summed E-state index contributed by atoms with van der Waals surface area (Å²) < 4.78 is 16.4. The van der Waals surface area contributed by atoms with E-state index in [0.717, 1.165) is 11.2 Å². The SMILES string of the molecule is COc1cncc(B2OCC(C)(C)CO2)c1. The molecule has 0 amide bonds. The molecule has 1 aliphatic rings. The molecule has 1 aromatic rings. The lowest BCUT2D eigenvalue weighted by Gasteiger charge is -2.33. The number of hydrogen-bond acceptors (Lipinski definition) is 4. The number of nitrogens with zero attached hydrogens (tertiary/aromatic N) is 1. The van der Waals surface area contributed by atoms with E-state index in [0.29, 0.717) is 13.2 Å². The third-order valence-electron chi connectivity index (χ3n) is 2.49. The van der Waals surface area contributed by atoms with Gasteiger partial charge in [0.05, 0.1) is 13.3 Å². The zero-order valence-electron chi connectivity index (χ0n) is 9.90. The lowest BCUT2D eigenvalue weighted by Crippen LogP contribution is -2.47. The van der Waals surface area contributed by atoms with Gasteiger partial charge in [0, 0.05) is 30.3 Å². The number of methoxy groups -OCH3 is 1. The van der Waals surface area contributed by atoms with Crippen LogP contribution in [0.5, 0.6) is 5.75 Å². The average molecular weight is 221 g/mol. The standard InChI is InChI=1S/C11H16BNO3/c1-11(2)7-15-12(16-8-11)9-4-10(14-3)6-13-5-9/h4-6H,7-8H2,1-3H3. The topological polar surface area (TPSA) is 40.6 Å². The van der Waals surface area contributed by atoms with Crippen molar-refractivity contribution >= 4 is 12.6 Å². The fourth-order valence-electron chi connectivity index (χ4n) is 1.56. The van der Waals surface area contributed by atoms with Gasteiger partial charge >= 0.3 is 7.12 Å². The Morgan fingerprint density at radius 2 is 2.00 bits per heavy atom. The molecule has 2 rings (SSSR count). The van der Waals surface area contributed by atoms with Crippen LogP contribution in [-0.4, -0.2) is 32.4 Å². The predicted octanol–water partition coefficient (Wildman–Crippen LogP) is 0.858. The van der Waals surface area contributed by atoms with E-state index in [1.54, 1.807) is 19.5 Å². The van der Waals surface area contributed by atoms with Gasteiger partial charge in [-0.25, -0.2) is 0 Å². The highest BCUT2D eigenvalue weighted by Gasteiger charge is 2.33. The van der Waals surface area contributed by atoms with Crippen molar-refractivity contribution in [3.05, 3.63) is 18.5 Å². The molecule has 0 unspecified atom stereocenters. The van der Waals surface area contributed by atoms with Crippen molar-refractivity contribution in [2.24, 2.45) is 5.41 Å². The Morgan fingerprint density at radius 1 is 1.31 bits per heavy atom. The second-order valence-electron chi connectivity index (χ2n) is 4.78. The van der Waals surface area contributed by atoms with Crippen LogP contribution < -0.4 is 10.2 Å². The lowest BCUT2D eigenvalue weighted by molar-refractivity contribution is 0.0342. The molecule has 0 N–H and O–H groups in total. The van der Waals surface area contributed by atoms with Crippen LogP contribution in [0.1, 0.15) is 13.8 Å². The van der Waals surface area contributed by atoms with Gasteiger partial charge in [-0.2, -0.15) is 0 Å². The zero-order valence-corrected chi connectivity index (χ0v) is 9.90. The second kappa shape index (κ2) is 4.43. The van der Waals surface area contributed by atoms with E-state index < -0.39 is 0 Å². The van der Waals surface area contributed by atoms with Crippen molar-refractivity contribution < 1.29 is 14.0 Å². The molecule has 2 heterocycles. The van der Waals surface area contributed by atoms with Crippen LogP contribution in [-0.2, 0) is 9.31 Å². The Morgan fingerprint density at radius 3 is 2.62 bits per heavy atom. The van der Waals surface area contributed by atoms with Gasteiger partial charge in [-0.1, -0.05) is 13.8 Å². The first-order chi connectivity index (χ1) is 7.61. The number of aromatic nitrogens is 1. The molecule has 16 heavy (non-hydrogen) atoms. The zero-order chi connectivity index (χ0) is 11.6. The number of ether oxygens (including phenoxy) is 1. The Kier molecular flexibility index (Phi) is 3.16. The second-order valence-corrected chi connectivity index (χ2v) is 4.78. The van der Waals surface area contributed by atoms with Gasteiger partial charge in [-0.05, 0) is 6.07 Å². The minimum atomic E-state index is -0.323. The fourth-order valence-corrected chi connectivity index (χ4v) is 1.56. The third kappa shape index (κ3) is 2.54. The summed E-state index contributed by atoms with van der Waals surface area (Å²) in [6.45, 7) is 5.61. The monoisotopic (exact) mass is 221 g/mol. The molecule has 0 bridgehead atoms. The van der Waals surface area contributed by atoms with Crippen LogP contribution in [0.3, 0.4) is 0 Å². The highest BCUT2D eigenvalue weighted by atomic mass is 16.6. The quantitative estimate of drug-likeness (QED) is 0.694. The van der Waals surface area contributed by atoms with Crippen molar-refractivity contribution in [3.63, 3.8) is 0 Å². The fraction of sp³-hybridized carbons (Fsp3) is 0.545. The molecule has 5 heteroatoms. The average Bonchev–Trinajstić information content (AvgIpc) is 2.29. The van der Waals surface area contributed by atoms with Gasteiger partial charge < -0.3 is 14.0 Å². The molecular formula is C11H16BNO3. The summed E-state index contributed by atoms with van der Waals surface area (Å²) in [6.07, 6.45) is 3.40. The Bertz CT molecular complexity index is 360. The highest BCUT2D eigenvalue weighted by Crippen LogP contribution is 2.21. The Balaban J connectivity index is 2.08. The van der Waals surface area contributed by atoms with Gasteiger partial charge in [0.2, 0.25) is 0 Å². The lowest BCUT2D eigenvalue weighted by atomic mass is 9.77. The normalized spacial score (nSPS) is 19.6. The molecule has 0 radical (unpaired) electrons. The maximum atomic E-state index is 5.66. The molecule has 1 aromatic heterocycles. The molecule has 0 saturated carbocycles.